The fourth-order valence-electron chi connectivity index (χ4n) is 3.73. The highest BCUT2D eigenvalue weighted by atomic mass is 35.5. The Bertz CT molecular complexity index is 629. The standard InChI is InChI=1S/C22H32ClF3N2/c1-2-3-4-5-6-7-8-9-10-11-15-28-16-14-18-17-19(12-13-20(18)28)27-21(23)22(24,25)26/h12-13,17H,2-11,14-16H2,1H3. The second-order valence-corrected chi connectivity index (χ2v) is 7.99. The summed E-state index contributed by atoms with van der Waals surface area (Å²) in [6, 6.07) is 5.21. The second kappa shape index (κ2) is 11.7. The van der Waals surface area contributed by atoms with Gasteiger partial charge in [0, 0.05) is 18.8 Å². The molecule has 0 spiro atoms. The van der Waals surface area contributed by atoms with Crippen molar-refractivity contribution in [2.24, 2.45) is 4.99 Å². The van der Waals surface area contributed by atoms with Crippen molar-refractivity contribution in [3.8, 4) is 0 Å². The number of nitrogens with zero attached hydrogens (tertiary/aromatic N) is 2. The van der Waals surface area contributed by atoms with Crippen molar-refractivity contribution >= 4 is 28.1 Å². The molecule has 1 aromatic rings. The predicted octanol–water partition coefficient (Wildman–Crippen LogP) is 7.80. The Morgan fingerprint density at radius 3 is 2.21 bits per heavy atom. The number of fused-ring (bicyclic) bond motifs is 1. The maximum absolute atomic E-state index is 12.5. The van der Waals surface area contributed by atoms with Gasteiger partial charge in [-0.3, -0.25) is 0 Å². The molecule has 0 unspecified atom stereocenters. The van der Waals surface area contributed by atoms with E-state index in [4.69, 9.17) is 11.6 Å². The molecule has 158 valence electrons. The number of benzene rings is 1. The van der Waals surface area contributed by atoms with Crippen LogP contribution < -0.4 is 4.90 Å². The summed E-state index contributed by atoms with van der Waals surface area (Å²) in [6.45, 7) is 4.18. The van der Waals surface area contributed by atoms with Gasteiger partial charge in [0.05, 0.1) is 5.69 Å². The minimum Gasteiger partial charge on any atom is -0.371 e. The van der Waals surface area contributed by atoms with Crippen molar-refractivity contribution in [3.63, 3.8) is 0 Å². The number of hydrogen-bond acceptors (Lipinski definition) is 2. The SMILES string of the molecule is CCCCCCCCCCCCN1CCc2cc(N=C(Cl)C(F)(F)F)ccc21. The van der Waals surface area contributed by atoms with E-state index in [2.05, 4.69) is 16.8 Å². The minimum absolute atomic E-state index is 0.266. The lowest BCUT2D eigenvalue weighted by molar-refractivity contribution is -0.0558. The van der Waals surface area contributed by atoms with Gasteiger partial charge >= 0.3 is 6.18 Å². The fourth-order valence-corrected chi connectivity index (χ4v) is 3.82. The summed E-state index contributed by atoms with van der Waals surface area (Å²) >= 11 is 5.24. The Balaban J connectivity index is 1.69. The lowest BCUT2D eigenvalue weighted by Crippen LogP contribution is -2.21. The third-order valence-corrected chi connectivity index (χ3v) is 5.60. The van der Waals surface area contributed by atoms with E-state index in [9.17, 15) is 13.2 Å². The molecule has 0 N–H and O–H groups in total. The smallest absolute Gasteiger partial charge is 0.371 e. The van der Waals surface area contributed by atoms with Crippen LogP contribution in [0.3, 0.4) is 0 Å². The van der Waals surface area contributed by atoms with Crippen LogP contribution in [0.15, 0.2) is 23.2 Å². The van der Waals surface area contributed by atoms with E-state index >= 15 is 0 Å². The van der Waals surface area contributed by atoms with E-state index in [1.807, 2.05) is 6.07 Å². The molecule has 6 heteroatoms. The molecular weight excluding hydrogens is 385 g/mol. The average Bonchev–Trinajstić information content (AvgIpc) is 3.05. The lowest BCUT2D eigenvalue weighted by Gasteiger charge is -2.19. The van der Waals surface area contributed by atoms with E-state index in [1.165, 1.54) is 57.8 Å². The van der Waals surface area contributed by atoms with E-state index in [0.29, 0.717) is 0 Å². The molecule has 0 amide bonds. The van der Waals surface area contributed by atoms with Gasteiger partial charge in [-0.05, 0) is 36.6 Å². The minimum atomic E-state index is -4.60. The molecule has 0 bridgehead atoms. The average molecular weight is 417 g/mol. The van der Waals surface area contributed by atoms with Crippen LogP contribution in [0.4, 0.5) is 24.5 Å². The molecule has 0 aliphatic carbocycles. The Labute approximate surface area is 172 Å². The number of anilines is 1. The maximum atomic E-state index is 12.5. The molecule has 1 aromatic carbocycles. The first-order valence-electron chi connectivity index (χ1n) is 10.6. The molecule has 0 aromatic heterocycles. The Kier molecular flexibility index (Phi) is 9.63. The monoisotopic (exact) mass is 416 g/mol. The topological polar surface area (TPSA) is 15.6 Å². The van der Waals surface area contributed by atoms with Gasteiger partial charge in [-0.2, -0.15) is 13.2 Å². The number of unbranched alkanes of at least 4 members (excludes halogenated alkanes) is 9. The van der Waals surface area contributed by atoms with Gasteiger partial charge in [-0.1, -0.05) is 76.3 Å². The number of halogens is 4. The van der Waals surface area contributed by atoms with Gasteiger partial charge < -0.3 is 4.90 Å². The van der Waals surface area contributed by atoms with Crippen molar-refractivity contribution in [1.29, 1.82) is 0 Å². The summed E-state index contributed by atoms with van der Waals surface area (Å²) in [5, 5.41) is -1.33. The summed E-state index contributed by atoms with van der Waals surface area (Å²) in [7, 11) is 0. The first-order valence-corrected chi connectivity index (χ1v) is 11.0. The molecule has 0 atom stereocenters. The van der Waals surface area contributed by atoms with Crippen LogP contribution in [0.2, 0.25) is 0 Å². The fraction of sp³-hybridized carbons (Fsp3) is 0.682. The van der Waals surface area contributed by atoms with Crippen molar-refractivity contribution in [2.45, 2.75) is 83.7 Å². The van der Waals surface area contributed by atoms with Crippen molar-refractivity contribution < 1.29 is 13.2 Å². The maximum Gasteiger partial charge on any atom is 0.444 e. The lowest BCUT2D eigenvalue weighted by atomic mass is 10.1. The number of rotatable bonds is 12. The van der Waals surface area contributed by atoms with E-state index < -0.39 is 11.3 Å². The van der Waals surface area contributed by atoms with Gasteiger partial charge in [0.1, 0.15) is 0 Å². The molecule has 1 aliphatic rings. The first kappa shape index (κ1) is 23.1. The van der Waals surface area contributed by atoms with Crippen molar-refractivity contribution in [2.75, 3.05) is 18.0 Å². The van der Waals surface area contributed by atoms with Gasteiger partial charge in [-0.25, -0.2) is 4.99 Å². The summed E-state index contributed by atoms with van der Waals surface area (Å²) < 4.78 is 37.6. The summed E-state index contributed by atoms with van der Waals surface area (Å²) in [5.74, 6) is 0. The Morgan fingerprint density at radius 2 is 1.61 bits per heavy atom. The molecule has 0 saturated heterocycles. The van der Waals surface area contributed by atoms with Gasteiger partial charge in [0.25, 0.3) is 0 Å². The largest absolute Gasteiger partial charge is 0.444 e. The number of alkyl halides is 3. The number of aliphatic imine (C=N–C) groups is 1. The first-order chi connectivity index (χ1) is 13.4. The van der Waals surface area contributed by atoms with Gasteiger partial charge in [0.15, 0.2) is 0 Å². The molecule has 28 heavy (non-hydrogen) atoms. The summed E-state index contributed by atoms with van der Waals surface area (Å²) in [5.41, 5.74) is 2.44. The van der Waals surface area contributed by atoms with Crippen LogP contribution in [0.25, 0.3) is 0 Å². The molecule has 1 aliphatic heterocycles. The van der Waals surface area contributed by atoms with Gasteiger partial charge in [0.2, 0.25) is 5.17 Å². The molecule has 0 saturated carbocycles. The van der Waals surface area contributed by atoms with Crippen LogP contribution in [0.1, 0.15) is 76.7 Å². The second-order valence-electron chi connectivity index (χ2n) is 7.63. The predicted molar refractivity (Wildman–Crippen MR) is 113 cm³/mol. The number of hydrogen-bond donors (Lipinski definition) is 0. The third-order valence-electron chi connectivity index (χ3n) is 5.30. The van der Waals surface area contributed by atoms with Crippen LogP contribution in [-0.2, 0) is 6.42 Å². The zero-order valence-corrected chi connectivity index (χ0v) is 17.6. The summed E-state index contributed by atoms with van der Waals surface area (Å²) in [6.07, 6.45) is 9.39. The zero-order valence-electron chi connectivity index (χ0n) is 16.8. The molecule has 0 fully saturated rings. The quantitative estimate of drug-likeness (QED) is 0.250. The Hall–Kier alpha value is -1.23. The molecule has 2 rings (SSSR count). The molecule has 2 nitrogen and oxygen atoms in total. The zero-order chi connectivity index (χ0) is 20.4. The van der Waals surface area contributed by atoms with E-state index in [1.54, 1.807) is 12.1 Å². The highest BCUT2D eigenvalue weighted by Crippen LogP contribution is 2.33. The molecular formula is C22H32ClF3N2. The normalized spacial score (nSPS) is 14.6. The highest BCUT2D eigenvalue weighted by Gasteiger charge is 2.34. The van der Waals surface area contributed by atoms with Crippen molar-refractivity contribution in [3.05, 3.63) is 23.8 Å². The van der Waals surface area contributed by atoms with Crippen LogP contribution >= 0.6 is 11.6 Å². The van der Waals surface area contributed by atoms with Crippen LogP contribution in [-0.4, -0.2) is 24.4 Å². The molecule has 1 heterocycles. The molecule has 0 radical (unpaired) electrons. The highest BCUT2D eigenvalue weighted by molar-refractivity contribution is 6.67. The summed E-state index contributed by atoms with van der Waals surface area (Å²) in [4.78, 5) is 5.83. The van der Waals surface area contributed by atoms with Crippen molar-refractivity contribution in [1.82, 2.24) is 0 Å². The van der Waals surface area contributed by atoms with E-state index in [0.717, 1.165) is 37.2 Å². The van der Waals surface area contributed by atoms with E-state index in [-0.39, 0.29) is 5.69 Å². The van der Waals surface area contributed by atoms with Crippen LogP contribution in [0, 0.1) is 0 Å². The van der Waals surface area contributed by atoms with Crippen LogP contribution in [0.5, 0.6) is 0 Å². The van der Waals surface area contributed by atoms with Gasteiger partial charge in [-0.15, -0.1) is 0 Å². The Morgan fingerprint density at radius 1 is 1.00 bits per heavy atom. The third kappa shape index (κ3) is 7.65.